The normalized spacial score (nSPS) is 11.7. The molecule has 0 amide bonds. The van der Waals surface area contributed by atoms with Crippen LogP contribution in [0.25, 0.3) is 122 Å². The Morgan fingerprint density at radius 3 is 1.28 bits per heavy atom. The van der Waals surface area contributed by atoms with E-state index in [-0.39, 0.29) is 0 Å². The number of para-hydroxylation sites is 6. The van der Waals surface area contributed by atoms with Gasteiger partial charge in [-0.3, -0.25) is 9.13 Å². The lowest BCUT2D eigenvalue weighted by molar-refractivity contribution is 0.451. The summed E-state index contributed by atoms with van der Waals surface area (Å²) in [5, 5.41) is 17.4. The van der Waals surface area contributed by atoms with E-state index >= 15 is 0 Å². The quantitative estimate of drug-likeness (QED) is 0.164. The first-order chi connectivity index (χ1) is 33.2. The van der Waals surface area contributed by atoms with Crippen molar-refractivity contribution in [3.63, 3.8) is 0 Å². The van der Waals surface area contributed by atoms with Crippen LogP contribution in [0.5, 0.6) is 5.75 Å². The maximum Gasteiger partial charge on any atom is 0.569 e. The third-order valence-corrected chi connectivity index (χ3v) is 12.4. The Bertz CT molecular complexity index is 4090. The van der Waals surface area contributed by atoms with Crippen molar-refractivity contribution in [1.29, 1.82) is 0 Å². The molecule has 0 aliphatic heterocycles. The molecule has 0 aliphatic rings. The first-order valence-corrected chi connectivity index (χ1v) is 21.8. The van der Waals surface area contributed by atoms with E-state index in [9.17, 15) is 5.02 Å². The fourth-order valence-electron chi connectivity index (χ4n) is 9.51. The minimum Gasteiger partial charge on any atom is -0.535 e. The van der Waals surface area contributed by atoms with E-state index in [2.05, 4.69) is 100 Å². The standard InChI is InChI=1S/C28H17BN3O3.C28H17N3O/c33-29-35-23-16-8-13-20-24-25(17-9-2-1-3-10-17)30-28(31-27(24)34-26(20)23)32-21-14-6-4-11-18(21)19-12-5-7-15-22(19)32;1-2-10-18(11-3-1)26-25-21-14-6-9-17-24(21)32-27(25)30-28(29-26)31-22-15-7-4-12-19(22)20-13-5-8-16-23(20)31/h1-16,33H;1-17H. The molecule has 8 aromatic carbocycles. The van der Waals surface area contributed by atoms with E-state index in [4.69, 9.17) is 33.4 Å². The van der Waals surface area contributed by atoms with E-state index in [1.807, 2.05) is 103 Å². The van der Waals surface area contributed by atoms with Crippen LogP contribution in [0.15, 0.2) is 209 Å². The van der Waals surface area contributed by atoms with Crippen LogP contribution in [0.2, 0.25) is 0 Å². The predicted octanol–water partition coefficient (Wildman–Crippen LogP) is 13.2. The zero-order valence-electron chi connectivity index (χ0n) is 35.5. The van der Waals surface area contributed by atoms with Crippen molar-refractivity contribution in [2.75, 3.05) is 0 Å². The molecule has 67 heavy (non-hydrogen) atoms. The second kappa shape index (κ2) is 15.6. The zero-order valence-corrected chi connectivity index (χ0v) is 35.5. The Labute approximate surface area is 381 Å². The Kier molecular flexibility index (Phi) is 8.93. The fraction of sp³-hybridized carbons (Fsp3) is 0. The molecule has 0 saturated carbocycles. The number of benzene rings is 8. The number of fused-ring (bicyclic) bond motifs is 12. The van der Waals surface area contributed by atoms with Crippen molar-refractivity contribution in [2.45, 2.75) is 0 Å². The molecule has 1 N–H and O–H groups in total. The largest absolute Gasteiger partial charge is 0.569 e. The Hall–Kier alpha value is -9.06. The van der Waals surface area contributed by atoms with Gasteiger partial charge in [0.2, 0.25) is 23.3 Å². The summed E-state index contributed by atoms with van der Waals surface area (Å²) in [5.74, 6) is 1.53. The number of hydrogen-bond donors (Lipinski definition) is 1. The molecule has 6 heterocycles. The van der Waals surface area contributed by atoms with Crippen LogP contribution in [0.3, 0.4) is 0 Å². The van der Waals surface area contributed by atoms with E-state index in [1.165, 1.54) is 10.8 Å². The van der Waals surface area contributed by atoms with Gasteiger partial charge < -0.3 is 18.5 Å². The molecule has 0 unspecified atom stereocenters. The van der Waals surface area contributed by atoms with Crippen molar-refractivity contribution in [3.05, 3.63) is 200 Å². The second-order valence-corrected chi connectivity index (χ2v) is 16.1. The third kappa shape index (κ3) is 6.17. The first kappa shape index (κ1) is 38.4. The molecule has 14 rings (SSSR count). The van der Waals surface area contributed by atoms with Crippen LogP contribution >= 0.6 is 0 Å². The molecular formula is C56H34BN6O4. The molecule has 14 aromatic rings. The smallest absolute Gasteiger partial charge is 0.535 e. The lowest BCUT2D eigenvalue weighted by Gasteiger charge is -2.09. The van der Waals surface area contributed by atoms with Gasteiger partial charge in [-0.1, -0.05) is 164 Å². The fourth-order valence-corrected chi connectivity index (χ4v) is 9.51. The number of hydrogen-bond acceptors (Lipinski definition) is 8. The van der Waals surface area contributed by atoms with Gasteiger partial charge in [0.1, 0.15) is 11.3 Å². The second-order valence-electron chi connectivity index (χ2n) is 16.1. The predicted molar refractivity (Wildman–Crippen MR) is 267 cm³/mol. The molecule has 10 nitrogen and oxygen atoms in total. The highest BCUT2D eigenvalue weighted by Crippen LogP contribution is 2.41. The SMILES string of the molecule is O[B]Oc1cccc2c1oc1nc(-n3c4ccccc4c4ccccc43)nc(-c3ccccc3)c12.c1ccc(-c2nc(-n3c4ccccc4c4ccccc43)nc3oc4ccccc4c23)cc1. The highest BCUT2D eigenvalue weighted by Gasteiger charge is 2.23. The molecule has 0 fully saturated rings. The van der Waals surface area contributed by atoms with E-state index in [0.29, 0.717) is 42.3 Å². The van der Waals surface area contributed by atoms with Crippen molar-refractivity contribution in [2.24, 2.45) is 0 Å². The van der Waals surface area contributed by atoms with Crippen LogP contribution in [-0.4, -0.2) is 41.8 Å². The Balaban J connectivity index is 0.000000134. The van der Waals surface area contributed by atoms with Gasteiger partial charge in [0.15, 0.2) is 5.58 Å². The summed E-state index contributed by atoms with van der Waals surface area (Å²) < 4.78 is 21.9. The summed E-state index contributed by atoms with van der Waals surface area (Å²) in [5.41, 5.74) is 10.1. The van der Waals surface area contributed by atoms with E-state index in [1.54, 1.807) is 6.07 Å². The summed E-state index contributed by atoms with van der Waals surface area (Å²) in [7, 11) is 0.648. The first-order valence-electron chi connectivity index (χ1n) is 21.8. The van der Waals surface area contributed by atoms with Gasteiger partial charge in [0.25, 0.3) is 0 Å². The minimum atomic E-state index is 0.403. The van der Waals surface area contributed by atoms with Crippen LogP contribution in [0.4, 0.5) is 0 Å². The molecule has 315 valence electrons. The van der Waals surface area contributed by atoms with Gasteiger partial charge in [-0.25, -0.2) is 9.97 Å². The average molecular weight is 866 g/mol. The summed E-state index contributed by atoms with van der Waals surface area (Å²) in [6.45, 7) is 0. The van der Waals surface area contributed by atoms with E-state index < -0.39 is 0 Å². The van der Waals surface area contributed by atoms with Crippen LogP contribution in [0, 0.1) is 0 Å². The summed E-state index contributed by atoms with van der Waals surface area (Å²) >= 11 is 0. The van der Waals surface area contributed by atoms with Gasteiger partial charge in [-0.05, 0) is 36.4 Å². The zero-order chi connectivity index (χ0) is 44.4. The topological polar surface area (TPSA) is 117 Å². The number of furan rings is 2. The molecule has 0 spiro atoms. The van der Waals surface area contributed by atoms with Gasteiger partial charge in [-0.15, -0.1) is 0 Å². The lowest BCUT2D eigenvalue weighted by Crippen LogP contribution is -2.02. The molecule has 0 atom stereocenters. The van der Waals surface area contributed by atoms with Gasteiger partial charge in [0.05, 0.1) is 44.2 Å². The maximum absolute atomic E-state index is 9.24. The van der Waals surface area contributed by atoms with Crippen LogP contribution in [0.1, 0.15) is 0 Å². The number of aromatic nitrogens is 6. The average Bonchev–Trinajstić information content (AvgIpc) is 4.15. The minimum absolute atomic E-state index is 0.403. The number of rotatable bonds is 6. The van der Waals surface area contributed by atoms with Gasteiger partial charge in [-0.2, -0.15) is 9.97 Å². The van der Waals surface area contributed by atoms with Crippen molar-refractivity contribution < 1.29 is 18.5 Å². The highest BCUT2D eigenvalue weighted by molar-refractivity contribution is 6.19. The molecule has 1 radical (unpaired) electrons. The van der Waals surface area contributed by atoms with Crippen LogP contribution in [-0.2, 0) is 0 Å². The van der Waals surface area contributed by atoms with E-state index in [0.717, 1.165) is 82.5 Å². The third-order valence-electron chi connectivity index (χ3n) is 12.4. The summed E-state index contributed by atoms with van der Waals surface area (Å²) in [6, 6.07) is 67.1. The Morgan fingerprint density at radius 2 is 0.791 bits per heavy atom. The lowest BCUT2D eigenvalue weighted by atomic mass is 10.1. The van der Waals surface area contributed by atoms with Gasteiger partial charge in [0, 0.05) is 43.4 Å². The number of nitrogens with zero attached hydrogens (tertiary/aromatic N) is 6. The van der Waals surface area contributed by atoms with Crippen molar-refractivity contribution >= 4 is 95.4 Å². The molecule has 6 aromatic heterocycles. The van der Waals surface area contributed by atoms with Crippen molar-refractivity contribution in [1.82, 2.24) is 29.1 Å². The van der Waals surface area contributed by atoms with Gasteiger partial charge >= 0.3 is 7.69 Å². The molecule has 11 heteroatoms. The molecule has 0 bridgehead atoms. The Morgan fingerprint density at radius 1 is 0.388 bits per heavy atom. The summed E-state index contributed by atoms with van der Waals surface area (Å²) in [6.07, 6.45) is 0. The monoisotopic (exact) mass is 865 g/mol. The van der Waals surface area contributed by atoms with Crippen LogP contribution < -0.4 is 4.65 Å². The maximum atomic E-state index is 9.24. The molecule has 0 saturated heterocycles. The summed E-state index contributed by atoms with van der Waals surface area (Å²) in [4.78, 5) is 20.1. The molecular weight excluding hydrogens is 831 g/mol. The molecule has 0 aliphatic carbocycles. The highest BCUT2D eigenvalue weighted by atomic mass is 16.5. The van der Waals surface area contributed by atoms with Crippen molar-refractivity contribution in [3.8, 4) is 40.2 Å².